The summed E-state index contributed by atoms with van der Waals surface area (Å²) in [6, 6.07) is 7.08. The van der Waals surface area contributed by atoms with E-state index >= 15 is 0 Å². The molecule has 1 saturated carbocycles. The van der Waals surface area contributed by atoms with Crippen LogP contribution >= 0.6 is 11.6 Å². The van der Waals surface area contributed by atoms with Gasteiger partial charge in [-0.1, -0.05) is 23.7 Å². The van der Waals surface area contributed by atoms with Crippen LogP contribution in [0.25, 0.3) is 0 Å². The number of carbonyl (C=O) groups excluding carboxylic acids is 2. The predicted molar refractivity (Wildman–Crippen MR) is 76.5 cm³/mol. The van der Waals surface area contributed by atoms with E-state index in [0.717, 1.165) is 18.4 Å². The van der Waals surface area contributed by atoms with E-state index in [1.165, 1.54) is 0 Å². The third kappa shape index (κ3) is 2.08. The van der Waals surface area contributed by atoms with Gasteiger partial charge in [0.1, 0.15) is 6.04 Å². The summed E-state index contributed by atoms with van der Waals surface area (Å²) in [6.45, 7) is 2.90. The molecule has 1 aliphatic carbocycles. The van der Waals surface area contributed by atoms with Crippen LogP contribution in [0.1, 0.15) is 25.3 Å². The SMILES string of the molecule is CC1C(=O)NCCN1C(=O)C1(c2ccc(Cl)cc2)CC1. The first-order valence-corrected chi connectivity index (χ1v) is 7.27. The molecule has 2 aliphatic rings. The Morgan fingerprint density at radius 1 is 1.35 bits per heavy atom. The molecule has 1 atom stereocenters. The molecule has 106 valence electrons. The van der Waals surface area contributed by atoms with E-state index in [4.69, 9.17) is 11.6 Å². The first-order valence-electron chi connectivity index (χ1n) is 6.89. The predicted octanol–water partition coefficient (Wildman–Crippen LogP) is 1.72. The summed E-state index contributed by atoms with van der Waals surface area (Å²) < 4.78 is 0. The Morgan fingerprint density at radius 3 is 2.60 bits per heavy atom. The minimum atomic E-state index is -0.434. The molecule has 0 bridgehead atoms. The molecular weight excluding hydrogens is 276 g/mol. The Bertz CT molecular complexity index is 551. The maximum Gasteiger partial charge on any atom is 0.242 e. The molecule has 4 nitrogen and oxygen atoms in total. The lowest BCUT2D eigenvalue weighted by Crippen LogP contribution is -2.58. The lowest BCUT2D eigenvalue weighted by molar-refractivity contribution is -0.144. The topological polar surface area (TPSA) is 49.4 Å². The summed E-state index contributed by atoms with van der Waals surface area (Å²) in [4.78, 5) is 26.3. The number of piperazine rings is 1. The highest BCUT2D eigenvalue weighted by Gasteiger charge is 2.54. The average molecular weight is 293 g/mol. The molecule has 1 aliphatic heterocycles. The largest absolute Gasteiger partial charge is 0.353 e. The summed E-state index contributed by atoms with van der Waals surface area (Å²) in [5.41, 5.74) is 0.571. The summed E-state index contributed by atoms with van der Waals surface area (Å²) in [6.07, 6.45) is 1.69. The van der Waals surface area contributed by atoms with Gasteiger partial charge < -0.3 is 10.2 Å². The van der Waals surface area contributed by atoms with Crippen molar-refractivity contribution in [3.8, 4) is 0 Å². The van der Waals surface area contributed by atoms with E-state index in [1.807, 2.05) is 24.3 Å². The van der Waals surface area contributed by atoms with Crippen molar-refractivity contribution in [2.45, 2.75) is 31.2 Å². The molecule has 0 spiro atoms. The van der Waals surface area contributed by atoms with Crippen molar-refractivity contribution in [1.29, 1.82) is 0 Å². The molecule has 1 aromatic carbocycles. The van der Waals surface area contributed by atoms with Crippen LogP contribution in [0.2, 0.25) is 5.02 Å². The van der Waals surface area contributed by atoms with Crippen molar-refractivity contribution in [2.24, 2.45) is 0 Å². The van der Waals surface area contributed by atoms with Gasteiger partial charge in [-0.3, -0.25) is 9.59 Å². The second kappa shape index (κ2) is 4.77. The highest BCUT2D eigenvalue weighted by atomic mass is 35.5. The van der Waals surface area contributed by atoms with Gasteiger partial charge in [-0.25, -0.2) is 0 Å². The van der Waals surface area contributed by atoms with E-state index in [-0.39, 0.29) is 17.9 Å². The van der Waals surface area contributed by atoms with E-state index in [1.54, 1.807) is 11.8 Å². The highest BCUT2D eigenvalue weighted by molar-refractivity contribution is 6.30. The Balaban J connectivity index is 1.86. The van der Waals surface area contributed by atoms with Gasteiger partial charge >= 0.3 is 0 Å². The number of hydrogen-bond donors (Lipinski definition) is 1. The van der Waals surface area contributed by atoms with E-state index in [2.05, 4.69) is 5.32 Å². The Hall–Kier alpha value is -1.55. The van der Waals surface area contributed by atoms with Crippen molar-refractivity contribution in [3.05, 3.63) is 34.9 Å². The summed E-state index contributed by atoms with van der Waals surface area (Å²) in [5.74, 6) is -0.00122. The molecular formula is C15H17ClN2O2. The molecule has 20 heavy (non-hydrogen) atoms. The summed E-state index contributed by atoms with van der Waals surface area (Å²) in [7, 11) is 0. The fourth-order valence-electron chi connectivity index (χ4n) is 2.85. The Kier molecular flexibility index (Phi) is 3.21. The van der Waals surface area contributed by atoms with Gasteiger partial charge in [-0.15, -0.1) is 0 Å². The number of nitrogens with zero attached hydrogens (tertiary/aromatic N) is 1. The summed E-state index contributed by atoms with van der Waals surface area (Å²) >= 11 is 5.90. The molecule has 0 aromatic heterocycles. The first kappa shape index (κ1) is 13.4. The third-order valence-electron chi connectivity index (χ3n) is 4.32. The van der Waals surface area contributed by atoms with Crippen LogP contribution in [-0.2, 0) is 15.0 Å². The van der Waals surface area contributed by atoms with Crippen LogP contribution in [0.15, 0.2) is 24.3 Å². The Labute approximate surface area is 123 Å². The van der Waals surface area contributed by atoms with Crippen molar-refractivity contribution in [1.82, 2.24) is 10.2 Å². The molecule has 1 N–H and O–H groups in total. The van der Waals surface area contributed by atoms with Gasteiger partial charge in [0.25, 0.3) is 0 Å². The fraction of sp³-hybridized carbons (Fsp3) is 0.467. The fourth-order valence-corrected chi connectivity index (χ4v) is 2.98. The van der Waals surface area contributed by atoms with Crippen LogP contribution in [0.5, 0.6) is 0 Å². The standard InChI is InChI=1S/C15H17ClN2O2/c1-10-13(19)17-8-9-18(10)14(20)15(6-7-15)11-2-4-12(16)5-3-11/h2-5,10H,6-9H2,1H3,(H,17,19). The number of amides is 2. The second-order valence-electron chi connectivity index (χ2n) is 5.55. The molecule has 1 heterocycles. The molecule has 1 saturated heterocycles. The smallest absolute Gasteiger partial charge is 0.242 e. The van der Waals surface area contributed by atoms with Gasteiger partial charge in [0.05, 0.1) is 5.41 Å². The van der Waals surface area contributed by atoms with Crippen LogP contribution in [0, 0.1) is 0 Å². The second-order valence-corrected chi connectivity index (χ2v) is 5.99. The van der Waals surface area contributed by atoms with E-state index < -0.39 is 5.41 Å². The number of carbonyl (C=O) groups is 2. The van der Waals surface area contributed by atoms with Gasteiger partial charge in [-0.05, 0) is 37.5 Å². The molecule has 0 radical (unpaired) electrons. The van der Waals surface area contributed by atoms with Crippen molar-refractivity contribution in [2.75, 3.05) is 13.1 Å². The number of hydrogen-bond acceptors (Lipinski definition) is 2. The molecule has 3 rings (SSSR count). The minimum absolute atomic E-state index is 0.0715. The number of benzene rings is 1. The van der Waals surface area contributed by atoms with E-state index in [0.29, 0.717) is 18.1 Å². The molecule has 5 heteroatoms. The number of halogens is 1. The van der Waals surface area contributed by atoms with Gasteiger partial charge in [0, 0.05) is 18.1 Å². The van der Waals surface area contributed by atoms with Gasteiger partial charge in [0.2, 0.25) is 11.8 Å². The van der Waals surface area contributed by atoms with Gasteiger partial charge in [0.15, 0.2) is 0 Å². The monoisotopic (exact) mass is 292 g/mol. The lowest BCUT2D eigenvalue weighted by Gasteiger charge is -2.35. The highest BCUT2D eigenvalue weighted by Crippen LogP contribution is 2.50. The zero-order valence-electron chi connectivity index (χ0n) is 11.4. The van der Waals surface area contributed by atoms with E-state index in [9.17, 15) is 9.59 Å². The maximum absolute atomic E-state index is 12.8. The third-order valence-corrected chi connectivity index (χ3v) is 4.57. The number of nitrogens with one attached hydrogen (secondary N) is 1. The quantitative estimate of drug-likeness (QED) is 0.902. The molecule has 1 unspecified atom stereocenters. The minimum Gasteiger partial charge on any atom is -0.353 e. The zero-order chi connectivity index (χ0) is 14.3. The van der Waals surface area contributed by atoms with Crippen molar-refractivity contribution in [3.63, 3.8) is 0 Å². The lowest BCUT2D eigenvalue weighted by atomic mass is 9.93. The first-order chi connectivity index (χ1) is 9.54. The Morgan fingerprint density at radius 2 is 2.00 bits per heavy atom. The average Bonchev–Trinajstić information content (AvgIpc) is 3.23. The normalized spacial score (nSPS) is 24.2. The maximum atomic E-state index is 12.8. The summed E-state index contributed by atoms with van der Waals surface area (Å²) in [5, 5.41) is 3.45. The van der Waals surface area contributed by atoms with Crippen LogP contribution in [0.3, 0.4) is 0 Å². The van der Waals surface area contributed by atoms with Crippen molar-refractivity contribution < 1.29 is 9.59 Å². The van der Waals surface area contributed by atoms with Crippen LogP contribution in [0.4, 0.5) is 0 Å². The van der Waals surface area contributed by atoms with Gasteiger partial charge in [-0.2, -0.15) is 0 Å². The van der Waals surface area contributed by atoms with Crippen LogP contribution in [-0.4, -0.2) is 35.8 Å². The molecule has 2 fully saturated rings. The molecule has 1 aromatic rings. The number of rotatable bonds is 2. The van der Waals surface area contributed by atoms with Crippen molar-refractivity contribution >= 4 is 23.4 Å². The zero-order valence-corrected chi connectivity index (χ0v) is 12.1. The molecule has 2 amide bonds. The van der Waals surface area contributed by atoms with Crippen LogP contribution < -0.4 is 5.32 Å².